The molecule has 0 spiro atoms. The number of amides is 1. The smallest absolute Gasteiger partial charge is 0.352 e. The van der Waals surface area contributed by atoms with Crippen molar-refractivity contribution in [2.75, 3.05) is 13.1 Å². The molecule has 1 fully saturated rings. The first-order valence-electron chi connectivity index (χ1n) is 9.22. The van der Waals surface area contributed by atoms with Crippen LogP contribution in [0.5, 0.6) is 0 Å². The average molecular weight is 394 g/mol. The minimum absolute atomic E-state index is 0.0667. The Labute approximate surface area is 161 Å². The second-order valence-corrected chi connectivity index (χ2v) is 7.12. The molecule has 1 N–H and O–H groups in total. The van der Waals surface area contributed by atoms with E-state index in [1.807, 2.05) is 0 Å². The molecule has 1 saturated heterocycles. The van der Waals surface area contributed by atoms with Gasteiger partial charge in [0.15, 0.2) is 0 Å². The molecule has 1 aliphatic heterocycles. The number of alkyl halides is 3. The van der Waals surface area contributed by atoms with Crippen LogP contribution in [0.15, 0.2) is 48.5 Å². The molecule has 0 aliphatic carbocycles. The molecule has 2 aromatic carbocycles. The first-order chi connectivity index (χ1) is 13.3. The van der Waals surface area contributed by atoms with Gasteiger partial charge in [-0.25, -0.2) is 4.39 Å². The summed E-state index contributed by atoms with van der Waals surface area (Å²) in [5, 5.41) is 2.76. The van der Waals surface area contributed by atoms with E-state index in [2.05, 4.69) is 10.2 Å². The fourth-order valence-corrected chi connectivity index (χ4v) is 3.45. The van der Waals surface area contributed by atoms with Crippen LogP contribution in [0.3, 0.4) is 0 Å². The number of nitrogens with one attached hydrogen (secondary N) is 1. The Morgan fingerprint density at radius 2 is 1.86 bits per heavy atom. The van der Waals surface area contributed by atoms with Crippen LogP contribution in [0, 0.1) is 11.7 Å². The SMILES string of the molecule is O=C(NCc1cccc(C(F)(F)F)c1)[C@@H]1CCCN(Cc2ccc(F)cc2)C1. The second-order valence-electron chi connectivity index (χ2n) is 7.12. The Hall–Kier alpha value is -2.41. The maximum Gasteiger partial charge on any atom is 0.416 e. The summed E-state index contributed by atoms with van der Waals surface area (Å²) in [4.78, 5) is 14.6. The number of benzene rings is 2. The van der Waals surface area contributed by atoms with E-state index in [9.17, 15) is 22.4 Å². The molecule has 0 saturated carbocycles. The van der Waals surface area contributed by atoms with Crippen LogP contribution in [0.2, 0.25) is 0 Å². The van der Waals surface area contributed by atoms with Crippen molar-refractivity contribution in [1.29, 1.82) is 0 Å². The van der Waals surface area contributed by atoms with Gasteiger partial charge >= 0.3 is 6.18 Å². The molecule has 0 radical (unpaired) electrons. The monoisotopic (exact) mass is 394 g/mol. The second kappa shape index (κ2) is 8.73. The summed E-state index contributed by atoms with van der Waals surface area (Å²) < 4.78 is 51.4. The average Bonchev–Trinajstić information content (AvgIpc) is 2.68. The summed E-state index contributed by atoms with van der Waals surface area (Å²) in [6.45, 7) is 2.13. The van der Waals surface area contributed by atoms with Gasteiger partial charge in [-0.15, -0.1) is 0 Å². The van der Waals surface area contributed by atoms with E-state index in [0.29, 0.717) is 18.7 Å². The lowest BCUT2D eigenvalue weighted by Gasteiger charge is -2.32. The minimum Gasteiger partial charge on any atom is -0.352 e. The molecule has 150 valence electrons. The van der Waals surface area contributed by atoms with Crippen LogP contribution in [0.1, 0.15) is 29.5 Å². The Morgan fingerprint density at radius 1 is 1.11 bits per heavy atom. The fraction of sp³-hybridized carbons (Fsp3) is 0.381. The molecule has 7 heteroatoms. The minimum atomic E-state index is -4.40. The third-order valence-corrected chi connectivity index (χ3v) is 4.92. The molecule has 1 heterocycles. The van der Waals surface area contributed by atoms with Crippen molar-refractivity contribution in [3.05, 3.63) is 71.0 Å². The van der Waals surface area contributed by atoms with Gasteiger partial charge in [-0.2, -0.15) is 13.2 Å². The molecule has 28 heavy (non-hydrogen) atoms. The van der Waals surface area contributed by atoms with Gasteiger partial charge in [0.05, 0.1) is 11.5 Å². The van der Waals surface area contributed by atoms with Crippen LogP contribution in [-0.2, 0) is 24.1 Å². The van der Waals surface area contributed by atoms with Gasteiger partial charge in [0.2, 0.25) is 5.91 Å². The number of nitrogens with zero attached hydrogens (tertiary/aromatic N) is 1. The number of carbonyl (C=O) groups excluding carboxylic acids is 1. The van der Waals surface area contributed by atoms with Gasteiger partial charge in [0.25, 0.3) is 0 Å². The summed E-state index contributed by atoms with van der Waals surface area (Å²) in [6.07, 6.45) is -2.79. The summed E-state index contributed by atoms with van der Waals surface area (Å²) in [5.41, 5.74) is 0.677. The lowest BCUT2D eigenvalue weighted by molar-refractivity contribution is -0.137. The van der Waals surface area contributed by atoms with E-state index in [0.717, 1.165) is 37.1 Å². The highest BCUT2D eigenvalue weighted by molar-refractivity contribution is 5.79. The summed E-state index contributed by atoms with van der Waals surface area (Å²) >= 11 is 0. The van der Waals surface area contributed by atoms with Gasteiger partial charge in [0, 0.05) is 19.6 Å². The maximum absolute atomic E-state index is 13.0. The van der Waals surface area contributed by atoms with Crippen molar-refractivity contribution in [3.63, 3.8) is 0 Å². The highest BCUT2D eigenvalue weighted by atomic mass is 19.4. The van der Waals surface area contributed by atoms with Crippen molar-refractivity contribution in [1.82, 2.24) is 10.2 Å². The molecule has 1 aliphatic rings. The maximum atomic E-state index is 13.0. The van der Waals surface area contributed by atoms with Crippen molar-refractivity contribution < 1.29 is 22.4 Å². The predicted octanol–water partition coefficient (Wildman–Crippen LogP) is 4.37. The van der Waals surface area contributed by atoms with Crippen molar-refractivity contribution in [2.45, 2.75) is 32.1 Å². The predicted molar refractivity (Wildman–Crippen MR) is 97.7 cm³/mol. The quantitative estimate of drug-likeness (QED) is 0.764. The number of halogens is 4. The van der Waals surface area contributed by atoms with E-state index in [1.165, 1.54) is 18.2 Å². The third kappa shape index (κ3) is 5.55. The normalized spacial score (nSPS) is 18.1. The van der Waals surface area contributed by atoms with Gasteiger partial charge in [-0.05, 0) is 54.8 Å². The topological polar surface area (TPSA) is 32.3 Å². The van der Waals surface area contributed by atoms with Crippen molar-refractivity contribution in [3.8, 4) is 0 Å². The molecule has 3 nitrogen and oxygen atoms in total. The molecule has 0 bridgehead atoms. The van der Waals surface area contributed by atoms with E-state index in [-0.39, 0.29) is 24.2 Å². The zero-order valence-corrected chi connectivity index (χ0v) is 15.3. The van der Waals surface area contributed by atoms with Crippen LogP contribution in [0.4, 0.5) is 17.6 Å². The Balaban J connectivity index is 1.53. The Bertz CT molecular complexity index is 805. The standard InChI is InChI=1S/C21H22F4N2O/c22-19-8-6-15(7-9-19)13-27-10-2-4-17(14-27)20(28)26-12-16-3-1-5-18(11-16)21(23,24)25/h1,3,5-9,11,17H,2,4,10,12-14H2,(H,26,28)/t17-/m1/s1. The summed E-state index contributed by atoms with van der Waals surface area (Å²) in [7, 11) is 0. The molecule has 0 unspecified atom stereocenters. The third-order valence-electron chi connectivity index (χ3n) is 4.92. The fourth-order valence-electron chi connectivity index (χ4n) is 3.45. The first-order valence-corrected chi connectivity index (χ1v) is 9.22. The van der Waals surface area contributed by atoms with E-state index < -0.39 is 11.7 Å². The number of rotatable bonds is 5. The zero-order chi connectivity index (χ0) is 20.1. The lowest BCUT2D eigenvalue weighted by atomic mass is 9.96. The summed E-state index contributed by atoms with van der Waals surface area (Å²) in [5.74, 6) is -0.643. The van der Waals surface area contributed by atoms with Gasteiger partial charge in [0.1, 0.15) is 5.82 Å². The van der Waals surface area contributed by atoms with Gasteiger partial charge < -0.3 is 5.32 Å². The van der Waals surface area contributed by atoms with Gasteiger partial charge in [-0.3, -0.25) is 9.69 Å². The van der Waals surface area contributed by atoms with Crippen LogP contribution in [-0.4, -0.2) is 23.9 Å². The highest BCUT2D eigenvalue weighted by Crippen LogP contribution is 2.29. The Morgan fingerprint density at radius 3 is 2.57 bits per heavy atom. The van der Waals surface area contributed by atoms with Crippen molar-refractivity contribution >= 4 is 5.91 Å². The molecule has 1 atom stereocenters. The van der Waals surface area contributed by atoms with Gasteiger partial charge in [-0.1, -0.05) is 24.3 Å². The molecule has 1 amide bonds. The molecular weight excluding hydrogens is 372 g/mol. The zero-order valence-electron chi connectivity index (χ0n) is 15.3. The number of hydrogen-bond acceptors (Lipinski definition) is 2. The van der Waals surface area contributed by atoms with E-state index >= 15 is 0 Å². The van der Waals surface area contributed by atoms with Crippen LogP contribution >= 0.6 is 0 Å². The molecular formula is C21H22F4N2O. The first kappa shape index (κ1) is 20.3. The highest BCUT2D eigenvalue weighted by Gasteiger charge is 2.30. The number of likely N-dealkylation sites (tertiary alicyclic amines) is 1. The van der Waals surface area contributed by atoms with Crippen molar-refractivity contribution in [2.24, 2.45) is 5.92 Å². The molecule has 0 aromatic heterocycles. The van der Waals surface area contributed by atoms with E-state index in [1.54, 1.807) is 18.2 Å². The molecule has 2 aromatic rings. The van der Waals surface area contributed by atoms with Crippen LogP contribution < -0.4 is 5.32 Å². The molecule has 3 rings (SSSR count). The number of piperidine rings is 1. The largest absolute Gasteiger partial charge is 0.416 e. The lowest BCUT2D eigenvalue weighted by Crippen LogP contribution is -2.42. The van der Waals surface area contributed by atoms with E-state index in [4.69, 9.17) is 0 Å². The number of carbonyl (C=O) groups is 1. The van der Waals surface area contributed by atoms with Crippen LogP contribution in [0.25, 0.3) is 0 Å². The summed E-state index contributed by atoms with van der Waals surface area (Å²) in [6, 6.07) is 11.3. The Kier molecular flexibility index (Phi) is 6.34. The number of hydrogen-bond donors (Lipinski definition) is 1.